The van der Waals surface area contributed by atoms with Gasteiger partial charge in [0.25, 0.3) is 0 Å². The molecule has 2 N–H and O–H groups in total. The molecule has 0 radical (unpaired) electrons. The molecule has 0 saturated carbocycles. The van der Waals surface area contributed by atoms with E-state index >= 15 is 0 Å². The van der Waals surface area contributed by atoms with E-state index in [1.54, 1.807) is 6.92 Å². The largest absolute Gasteiger partial charge is 0.505 e. The molecule has 2 rings (SSSR count). The van der Waals surface area contributed by atoms with Crippen LogP contribution >= 0.6 is 34.5 Å². The maximum atomic E-state index is 12.3. The predicted molar refractivity (Wildman–Crippen MR) is 88.0 cm³/mol. The van der Waals surface area contributed by atoms with Crippen LogP contribution in [0.25, 0.3) is 0 Å². The van der Waals surface area contributed by atoms with E-state index in [1.807, 2.05) is 0 Å². The number of rotatable bonds is 6. The molecular formula is C12H11Cl2N3O5S2. The number of carbonyl (C=O) groups excluding carboxylic acids is 1. The molecule has 8 nitrogen and oxygen atoms in total. The van der Waals surface area contributed by atoms with Crippen molar-refractivity contribution in [3.8, 4) is 5.75 Å². The molecule has 12 heteroatoms. The van der Waals surface area contributed by atoms with Crippen LogP contribution in [0.3, 0.4) is 0 Å². The highest BCUT2D eigenvalue weighted by Gasteiger charge is 2.22. The van der Waals surface area contributed by atoms with Gasteiger partial charge in [-0.2, -0.15) is 0 Å². The van der Waals surface area contributed by atoms with Crippen LogP contribution < -0.4 is 4.72 Å². The van der Waals surface area contributed by atoms with Crippen molar-refractivity contribution in [3.05, 3.63) is 32.2 Å². The van der Waals surface area contributed by atoms with Gasteiger partial charge in [-0.05, 0) is 19.1 Å². The van der Waals surface area contributed by atoms with Gasteiger partial charge in [0, 0.05) is 5.02 Å². The Hall–Kier alpha value is -1.46. The number of carbonyl (C=O) groups is 1. The summed E-state index contributed by atoms with van der Waals surface area (Å²) in [5, 5.41) is 17.2. The molecular weight excluding hydrogens is 401 g/mol. The van der Waals surface area contributed by atoms with Crippen LogP contribution in [0.1, 0.15) is 21.7 Å². The fourth-order valence-electron chi connectivity index (χ4n) is 1.58. The SMILES string of the molecule is CCOC(=O)c1nnc(CNS(=O)(=O)c2cc(Cl)cc(Cl)c2O)s1. The first-order valence-electron chi connectivity index (χ1n) is 6.41. The number of sulfonamides is 1. The number of benzene rings is 1. The highest BCUT2D eigenvalue weighted by Crippen LogP contribution is 2.34. The van der Waals surface area contributed by atoms with Gasteiger partial charge in [0.2, 0.25) is 15.0 Å². The van der Waals surface area contributed by atoms with Gasteiger partial charge in [0.1, 0.15) is 9.90 Å². The zero-order chi connectivity index (χ0) is 17.9. The van der Waals surface area contributed by atoms with Crippen molar-refractivity contribution in [1.82, 2.24) is 14.9 Å². The lowest BCUT2D eigenvalue weighted by molar-refractivity contribution is 0.0525. The van der Waals surface area contributed by atoms with Crippen LogP contribution in [0.2, 0.25) is 10.0 Å². The van der Waals surface area contributed by atoms with Gasteiger partial charge in [-0.15, -0.1) is 10.2 Å². The number of phenolic OH excluding ortho intramolecular Hbond substituents is 1. The Bertz CT molecular complexity index is 870. The number of nitrogens with one attached hydrogen (secondary N) is 1. The van der Waals surface area contributed by atoms with E-state index in [0.29, 0.717) is 0 Å². The number of nitrogens with zero attached hydrogens (tertiary/aromatic N) is 2. The Morgan fingerprint density at radius 3 is 2.75 bits per heavy atom. The molecule has 24 heavy (non-hydrogen) atoms. The quantitative estimate of drug-likeness (QED) is 0.699. The van der Waals surface area contributed by atoms with Gasteiger partial charge >= 0.3 is 5.97 Å². The third kappa shape index (κ3) is 4.33. The summed E-state index contributed by atoms with van der Waals surface area (Å²) in [4.78, 5) is 11.0. The number of phenols is 1. The van der Waals surface area contributed by atoms with E-state index in [-0.39, 0.29) is 33.2 Å². The van der Waals surface area contributed by atoms with E-state index in [9.17, 15) is 18.3 Å². The number of halogens is 2. The molecule has 1 aromatic heterocycles. The van der Waals surface area contributed by atoms with Crippen LogP contribution in [0.4, 0.5) is 0 Å². The Kier molecular flexibility index (Phi) is 5.99. The van der Waals surface area contributed by atoms with Crippen molar-refractivity contribution in [2.75, 3.05) is 6.61 Å². The second kappa shape index (κ2) is 7.62. The maximum Gasteiger partial charge on any atom is 0.369 e. The summed E-state index contributed by atoms with van der Waals surface area (Å²) in [6, 6.07) is 2.28. The summed E-state index contributed by atoms with van der Waals surface area (Å²) >= 11 is 12.4. The Labute approximate surface area is 151 Å². The summed E-state index contributed by atoms with van der Waals surface area (Å²) in [5.74, 6) is -1.25. The van der Waals surface area contributed by atoms with Gasteiger partial charge in [0.05, 0.1) is 18.2 Å². The average Bonchev–Trinajstić information content (AvgIpc) is 2.98. The van der Waals surface area contributed by atoms with Gasteiger partial charge in [-0.25, -0.2) is 17.9 Å². The third-order valence-electron chi connectivity index (χ3n) is 2.61. The number of aromatic hydroxyl groups is 1. The second-order valence-electron chi connectivity index (χ2n) is 4.28. The van der Waals surface area contributed by atoms with Crippen molar-refractivity contribution in [2.24, 2.45) is 0 Å². The average molecular weight is 412 g/mol. The summed E-state index contributed by atoms with van der Waals surface area (Å²) in [6.07, 6.45) is 0. The summed E-state index contributed by atoms with van der Waals surface area (Å²) in [5.41, 5.74) is 0. The van der Waals surface area contributed by atoms with Crippen molar-refractivity contribution in [2.45, 2.75) is 18.4 Å². The third-order valence-corrected chi connectivity index (χ3v) is 5.44. The smallest absolute Gasteiger partial charge is 0.369 e. The first kappa shape index (κ1) is 18.9. The topological polar surface area (TPSA) is 118 Å². The fraction of sp³-hybridized carbons (Fsp3) is 0.250. The molecule has 0 spiro atoms. The molecule has 0 saturated heterocycles. The highest BCUT2D eigenvalue weighted by atomic mass is 35.5. The molecule has 1 heterocycles. The second-order valence-corrected chi connectivity index (χ2v) is 7.92. The summed E-state index contributed by atoms with van der Waals surface area (Å²) in [6.45, 7) is 1.61. The van der Waals surface area contributed by atoms with Gasteiger partial charge < -0.3 is 9.84 Å². The van der Waals surface area contributed by atoms with Gasteiger partial charge in [-0.3, -0.25) is 0 Å². The molecule has 0 atom stereocenters. The molecule has 0 fully saturated rings. The van der Waals surface area contributed by atoms with Crippen molar-refractivity contribution < 1.29 is 23.1 Å². The Morgan fingerprint density at radius 2 is 2.08 bits per heavy atom. The lowest BCUT2D eigenvalue weighted by Gasteiger charge is -2.08. The van der Waals surface area contributed by atoms with Crippen LogP contribution in [0.5, 0.6) is 5.75 Å². The lowest BCUT2D eigenvalue weighted by Crippen LogP contribution is -2.23. The first-order valence-corrected chi connectivity index (χ1v) is 9.47. The van der Waals surface area contributed by atoms with Gasteiger partial charge in [0.15, 0.2) is 5.75 Å². The molecule has 0 bridgehead atoms. The minimum Gasteiger partial charge on any atom is -0.505 e. The molecule has 2 aromatic rings. The molecule has 0 aliphatic heterocycles. The number of aromatic nitrogens is 2. The highest BCUT2D eigenvalue weighted by molar-refractivity contribution is 7.89. The summed E-state index contributed by atoms with van der Waals surface area (Å²) in [7, 11) is -4.10. The standard InChI is InChI=1S/C12H11Cl2N3O5S2/c1-2-22-12(19)11-17-16-9(23-11)5-15-24(20,21)8-4-6(13)3-7(14)10(8)18/h3-4,15,18H,2,5H2,1H3. The molecule has 1 aromatic carbocycles. The normalized spacial score (nSPS) is 11.5. The van der Waals surface area contributed by atoms with Crippen LogP contribution in [-0.2, 0) is 21.3 Å². The first-order chi connectivity index (χ1) is 11.2. The molecule has 130 valence electrons. The van der Waals surface area contributed by atoms with Gasteiger partial charge in [-0.1, -0.05) is 34.5 Å². The van der Waals surface area contributed by atoms with Crippen molar-refractivity contribution >= 4 is 50.5 Å². The number of esters is 1. The Morgan fingerprint density at radius 1 is 1.38 bits per heavy atom. The van der Waals surface area contributed by atoms with E-state index in [2.05, 4.69) is 14.9 Å². The number of ether oxygens (including phenoxy) is 1. The number of hydrogen-bond acceptors (Lipinski definition) is 8. The van der Waals surface area contributed by atoms with Crippen molar-refractivity contribution in [1.29, 1.82) is 0 Å². The number of hydrogen-bond donors (Lipinski definition) is 2. The monoisotopic (exact) mass is 411 g/mol. The van der Waals surface area contributed by atoms with E-state index < -0.39 is 26.6 Å². The Balaban J connectivity index is 2.15. The van der Waals surface area contributed by atoms with Crippen LogP contribution in [-0.4, -0.2) is 36.3 Å². The molecule has 0 aliphatic rings. The fourth-order valence-corrected chi connectivity index (χ4v) is 4.09. The predicted octanol–water partition coefficient (Wildman–Crippen LogP) is 2.21. The molecule has 0 unspecified atom stereocenters. The molecule has 0 amide bonds. The zero-order valence-electron chi connectivity index (χ0n) is 12.1. The molecule has 0 aliphatic carbocycles. The maximum absolute atomic E-state index is 12.3. The minimum atomic E-state index is -4.10. The van der Waals surface area contributed by atoms with Crippen molar-refractivity contribution in [3.63, 3.8) is 0 Å². The van der Waals surface area contributed by atoms with Crippen LogP contribution in [0, 0.1) is 0 Å². The summed E-state index contributed by atoms with van der Waals surface area (Å²) < 4.78 is 31.5. The zero-order valence-corrected chi connectivity index (χ0v) is 15.3. The van der Waals surface area contributed by atoms with E-state index in [0.717, 1.165) is 17.4 Å². The van der Waals surface area contributed by atoms with E-state index in [1.165, 1.54) is 6.07 Å². The minimum absolute atomic E-state index is 0.0136. The van der Waals surface area contributed by atoms with E-state index in [4.69, 9.17) is 27.9 Å². The van der Waals surface area contributed by atoms with Crippen LogP contribution in [0.15, 0.2) is 17.0 Å². The lowest BCUT2D eigenvalue weighted by atomic mass is 10.3.